The maximum absolute atomic E-state index is 14.2. The normalized spacial score (nSPS) is 15.9. The van der Waals surface area contributed by atoms with Gasteiger partial charge in [-0.2, -0.15) is 0 Å². The Balaban J connectivity index is 1.50. The molecule has 0 saturated heterocycles. The van der Waals surface area contributed by atoms with Gasteiger partial charge in [0.25, 0.3) is 0 Å². The molecule has 2 aromatic heterocycles. The molecule has 0 fully saturated rings. The SMILES string of the molecule is CCOC(=O)CC1CCCc2c(n(Cc3ccc(-n4ccnc4)cc3)c3ccc(F)cc23)C1. The summed E-state index contributed by atoms with van der Waals surface area (Å²) in [5.41, 5.74) is 5.74. The van der Waals surface area contributed by atoms with E-state index < -0.39 is 0 Å². The predicted molar refractivity (Wildman–Crippen MR) is 126 cm³/mol. The molecule has 5 rings (SSSR count). The van der Waals surface area contributed by atoms with Gasteiger partial charge in [0, 0.05) is 47.6 Å². The first-order valence-electron chi connectivity index (χ1n) is 11.6. The summed E-state index contributed by atoms with van der Waals surface area (Å²) in [6.07, 6.45) is 9.58. The van der Waals surface area contributed by atoms with Gasteiger partial charge in [-0.1, -0.05) is 12.1 Å². The largest absolute Gasteiger partial charge is 0.466 e. The molecule has 0 spiro atoms. The number of hydrogen-bond acceptors (Lipinski definition) is 3. The van der Waals surface area contributed by atoms with Crippen molar-refractivity contribution in [3.05, 3.63) is 83.8 Å². The molecule has 6 heteroatoms. The molecule has 2 aromatic carbocycles. The number of ether oxygens (including phenoxy) is 1. The third-order valence-electron chi connectivity index (χ3n) is 6.61. The van der Waals surface area contributed by atoms with E-state index >= 15 is 0 Å². The van der Waals surface area contributed by atoms with E-state index in [2.05, 4.69) is 33.8 Å². The van der Waals surface area contributed by atoms with Crippen LogP contribution in [0.5, 0.6) is 0 Å². The Labute approximate surface area is 192 Å². The lowest BCUT2D eigenvalue weighted by Crippen LogP contribution is -2.15. The highest BCUT2D eigenvalue weighted by Gasteiger charge is 2.26. The quantitative estimate of drug-likeness (QED) is 0.292. The Kier molecular flexibility index (Phi) is 5.99. The van der Waals surface area contributed by atoms with E-state index in [9.17, 15) is 9.18 Å². The minimum atomic E-state index is -0.209. The lowest BCUT2D eigenvalue weighted by molar-refractivity contribution is -0.144. The number of carbonyl (C=O) groups is 1. The van der Waals surface area contributed by atoms with Crippen LogP contribution in [-0.2, 0) is 28.9 Å². The van der Waals surface area contributed by atoms with Crippen molar-refractivity contribution in [3.63, 3.8) is 0 Å². The number of halogens is 1. The zero-order valence-electron chi connectivity index (χ0n) is 18.8. The van der Waals surface area contributed by atoms with Gasteiger partial charge < -0.3 is 13.9 Å². The number of imidazole rings is 1. The van der Waals surface area contributed by atoms with Gasteiger partial charge in [-0.05, 0) is 80.0 Å². The molecule has 1 unspecified atom stereocenters. The van der Waals surface area contributed by atoms with E-state index in [1.807, 2.05) is 23.8 Å². The number of hydrogen-bond donors (Lipinski definition) is 0. The molecule has 1 aliphatic carbocycles. The molecule has 4 aromatic rings. The second kappa shape index (κ2) is 9.22. The van der Waals surface area contributed by atoms with Crippen LogP contribution in [0, 0.1) is 11.7 Å². The molecule has 0 N–H and O–H groups in total. The molecule has 5 nitrogen and oxygen atoms in total. The highest BCUT2D eigenvalue weighted by atomic mass is 19.1. The van der Waals surface area contributed by atoms with Gasteiger partial charge in [-0.3, -0.25) is 4.79 Å². The fourth-order valence-corrected chi connectivity index (χ4v) is 5.08. The molecule has 2 heterocycles. The number of aryl methyl sites for hydroxylation is 1. The first-order chi connectivity index (χ1) is 16.1. The monoisotopic (exact) mass is 445 g/mol. The van der Waals surface area contributed by atoms with Crippen LogP contribution in [0.1, 0.15) is 43.0 Å². The summed E-state index contributed by atoms with van der Waals surface area (Å²) < 4.78 is 23.7. The highest BCUT2D eigenvalue weighted by molar-refractivity contribution is 5.86. The zero-order chi connectivity index (χ0) is 22.8. The van der Waals surface area contributed by atoms with Crippen molar-refractivity contribution < 1.29 is 13.9 Å². The Bertz CT molecular complexity index is 1260. The maximum Gasteiger partial charge on any atom is 0.306 e. The molecule has 0 bridgehead atoms. The average molecular weight is 446 g/mol. The Morgan fingerprint density at radius 2 is 2.06 bits per heavy atom. The van der Waals surface area contributed by atoms with Crippen LogP contribution in [0.25, 0.3) is 16.6 Å². The summed E-state index contributed by atoms with van der Waals surface area (Å²) in [7, 11) is 0. The van der Waals surface area contributed by atoms with Gasteiger partial charge in [0.2, 0.25) is 0 Å². The topological polar surface area (TPSA) is 49.0 Å². The van der Waals surface area contributed by atoms with Crippen LogP contribution in [0.2, 0.25) is 0 Å². The maximum atomic E-state index is 14.2. The Morgan fingerprint density at radius 3 is 2.82 bits per heavy atom. The van der Waals surface area contributed by atoms with E-state index in [0.717, 1.165) is 42.3 Å². The van der Waals surface area contributed by atoms with Gasteiger partial charge in [0.05, 0.1) is 12.9 Å². The number of carbonyl (C=O) groups excluding carboxylic acids is 1. The number of aromatic nitrogens is 3. The summed E-state index contributed by atoms with van der Waals surface area (Å²) in [5.74, 6) is -0.101. The van der Waals surface area contributed by atoms with E-state index in [-0.39, 0.29) is 17.7 Å². The van der Waals surface area contributed by atoms with Gasteiger partial charge in [-0.25, -0.2) is 9.37 Å². The van der Waals surface area contributed by atoms with Gasteiger partial charge in [-0.15, -0.1) is 0 Å². The minimum Gasteiger partial charge on any atom is -0.466 e. The highest BCUT2D eigenvalue weighted by Crippen LogP contribution is 2.35. The summed E-state index contributed by atoms with van der Waals surface area (Å²) in [6.45, 7) is 2.95. The molecule has 170 valence electrons. The van der Waals surface area contributed by atoms with Crippen molar-refractivity contribution in [1.29, 1.82) is 0 Å². The third kappa shape index (κ3) is 4.42. The second-order valence-electron chi connectivity index (χ2n) is 8.78. The smallest absolute Gasteiger partial charge is 0.306 e. The van der Waals surface area contributed by atoms with Crippen LogP contribution >= 0.6 is 0 Å². The van der Waals surface area contributed by atoms with Crippen molar-refractivity contribution in [2.75, 3.05) is 6.61 Å². The Morgan fingerprint density at radius 1 is 1.21 bits per heavy atom. The van der Waals surface area contributed by atoms with E-state index in [1.54, 1.807) is 18.6 Å². The molecule has 1 atom stereocenters. The van der Waals surface area contributed by atoms with Crippen LogP contribution in [-0.4, -0.2) is 26.7 Å². The molecular formula is C27H28FN3O2. The van der Waals surface area contributed by atoms with E-state index in [1.165, 1.54) is 22.9 Å². The van der Waals surface area contributed by atoms with Gasteiger partial charge in [0.15, 0.2) is 0 Å². The van der Waals surface area contributed by atoms with Crippen LogP contribution in [0.4, 0.5) is 4.39 Å². The number of rotatable bonds is 6. The summed E-state index contributed by atoms with van der Waals surface area (Å²) in [4.78, 5) is 16.3. The molecule has 33 heavy (non-hydrogen) atoms. The van der Waals surface area contributed by atoms with Crippen molar-refractivity contribution >= 4 is 16.9 Å². The van der Waals surface area contributed by atoms with Crippen molar-refractivity contribution in [2.24, 2.45) is 5.92 Å². The van der Waals surface area contributed by atoms with Gasteiger partial charge in [0.1, 0.15) is 5.82 Å². The average Bonchev–Trinajstić information content (AvgIpc) is 3.37. The number of benzene rings is 2. The number of esters is 1. The predicted octanol–water partition coefficient (Wildman–Crippen LogP) is 5.46. The van der Waals surface area contributed by atoms with Gasteiger partial charge >= 0.3 is 5.97 Å². The lowest BCUT2D eigenvalue weighted by atomic mass is 9.96. The molecule has 0 aliphatic heterocycles. The van der Waals surface area contributed by atoms with Crippen LogP contribution in [0.15, 0.2) is 61.2 Å². The molecule has 0 radical (unpaired) electrons. The summed E-state index contributed by atoms with van der Waals surface area (Å²) in [5, 5.41) is 0.997. The standard InChI is InChI=1S/C27H28FN3O2/c1-2-33-27(32)15-20-4-3-5-23-24-16-21(28)8-11-25(24)31(26(23)14-20)17-19-6-9-22(10-7-19)30-13-12-29-18-30/h6-13,16,18,20H,2-5,14-15,17H2,1H3. The summed E-state index contributed by atoms with van der Waals surface area (Å²) >= 11 is 0. The Hall–Kier alpha value is -3.41. The number of nitrogens with zero attached hydrogens (tertiary/aromatic N) is 3. The van der Waals surface area contributed by atoms with Crippen LogP contribution in [0.3, 0.4) is 0 Å². The second-order valence-corrected chi connectivity index (χ2v) is 8.78. The van der Waals surface area contributed by atoms with Crippen LogP contribution < -0.4 is 0 Å². The minimum absolute atomic E-state index is 0.130. The third-order valence-corrected chi connectivity index (χ3v) is 6.61. The first kappa shape index (κ1) is 21.4. The molecule has 0 amide bonds. The zero-order valence-corrected chi connectivity index (χ0v) is 18.8. The first-order valence-corrected chi connectivity index (χ1v) is 11.6. The fourth-order valence-electron chi connectivity index (χ4n) is 5.08. The molecular weight excluding hydrogens is 417 g/mol. The summed E-state index contributed by atoms with van der Waals surface area (Å²) in [6, 6.07) is 13.5. The van der Waals surface area contributed by atoms with E-state index in [4.69, 9.17) is 4.74 Å². The number of fused-ring (bicyclic) bond motifs is 3. The fraction of sp³-hybridized carbons (Fsp3) is 0.333. The van der Waals surface area contributed by atoms with E-state index in [0.29, 0.717) is 19.6 Å². The lowest BCUT2D eigenvalue weighted by Gasteiger charge is -2.17. The van der Waals surface area contributed by atoms with Crippen molar-refractivity contribution in [3.8, 4) is 5.69 Å². The van der Waals surface area contributed by atoms with Crippen molar-refractivity contribution in [1.82, 2.24) is 14.1 Å². The van der Waals surface area contributed by atoms with Crippen molar-refractivity contribution in [2.45, 2.75) is 45.6 Å². The molecule has 0 saturated carbocycles. The molecule has 1 aliphatic rings.